The van der Waals surface area contributed by atoms with Gasteiger partial charge in [-0.25, -0.2) is 0 Å². The van der Waals surface area contributed by atoms with Crippen LogP contribution in [0.4, 0.5) is 0 Å². The van der Waals surface area contributed by atoms with E-state index in [2.05, 4.69) is 21.9 Å². The van der Waals surface area contributed by atoms with E-state index in [1.807, 2.05) is 0 Å². The fraction of sp³-hybridized carbons (Fsp3) is 0.348. The summed E-state index contributed by atoms with van der Waals surface area (Å²) in [4.78, 5) is 59.0. The fourth-order valence-corrected chi connectivity index (χ4v) is 2.78. The van der Waals surface area contributed by atoms with Crippen molar-refractivity contribution >= 4 is 36.0 Å². The Bertz CT molecular complexity index is 905. The minimum atomic E-state index is -1.04. The zero-order valence-corrected chi connectivity index (χ0v) is 18.2. The molecule has 4 amide bonds. The molecule has 1 rings (SSSR count). The van der Waals surface area contributed by atoms with Crippen molar-refractivity contribution in [1.82, 2.24) is 16.0 Å². The van der Waals surface area contributed by atoms with Crippen molar-refractivity contribution in [2.45, 2.75) is 37.8 Å². The molecule has 0 aliphatic heterocycles. The summed E-state index contributed by atoms with van der Waals surface area (Å²) >= 11 is 0. The molecule has 0 aromatic heterocycles. The van der Waals surface area contributed by atoms with Crippen LogP contribution >= 0.6 is 0 Å². The number of terminal acetylenes is 1. The molecule has 0 aliphatic carbocycles. The number of carbonyl (C=O) groups is 5. The number of nitrogens with two attached hydrogens (primary N) is 2. The zero-order valence-electron chi connectivity index (χ0n) is 18.2. The van der Waals surface area contributed by atoms with Gasteiger partial charge in [0.1, 0.15) is 18.4 Å². The van der Waals surface area contributed by atoms with E-state index in [-0.39, 0.29) is 6.42 Å². The molecular formula is C23H29N5O5. The maximum Gasteiger partial charge on any atom is 0.251 e. The minimum Gasteiger partial charge on any atom is -0.368 e. The van der Waals surface area contributed by atoms with Crippen molar-refractivity contribution in [3.05, 3.63) is 41.5 Å². The quantitative estimate of drug-likeness (QED) is 0.107. The van der Waals surface area contributed by atoms with Crippen LogP contribution in [-0.4, -0.2) is 55.1 Å². The summed E-state index contributed by atoms with van der Waals surface area (Å²) in [6.07, 6.45) is 10.2. The van der Waals surface area contributed by atoms with Gasteiger partial charge >= 0.3 is 0 Å². The smallest absolute Gasteiger partial charge is 0.251 e. The Morgan fingerprint density at radius 1 is 1.06 bits per heavy atom. The molecule has 10 nitrogen and oxygen atoms in total. The highest BCUT2D eigenvalue weighted by Gasteiger charge is 2.23. The lowest BCUT2D eigenvalue weighted by Gasteiger charge is -2.19. The fourth-order valence-electron chi connectivity index (χ4n) is 2.78. The predicted octanol–water partition coefficient (Wildman–Crippen LogP) is -0.764. The molecular weight excluding hydrogens is 426 g/mol. The summed E-state index contributed by atoms with van der Waals surface area (Å²) in [5, 5.41) is 7.45. The monoisotopic (exact) mass is 455 g/mol. The number of hydrogen-bond donors (Lipinski definition) is 5. The molecule has 0 fully saturated rings. The van der Waals surface area contributed by atoms with E-state index >= 15 is 0 Å². The van der Waals surface area contributed by atoms with Crippen LogP contribution in [-0.2, 0) is 19.2 Å². The number of nitrogens with one attached hydrogen (secondary N) is 3. The lowest BCUT2D eigenvalue weighted by atomic mass is 10.1. The number of primary amides is 1. The normalized spacial score (nSPS) is 12.2. The largest absolute Gasteiger partial charge is 0.368 e. The molecule has 176 valence electrons. The third-order valence-corrected chi connectivity index (χ3v) is 4.53. The van der Waals surface area contributed by atoms with Crippen molar-refractivity contribution in [1.29, 1.82) is 0 Å². The van der Waals surface area contributed by atoms with Crippen molar-refractivity contribution in [3.63, 3.8) is 0 Å². The first-order valence-corrected chi connectivity index (χ1v) is 10.3. The Labute approximate surface area is 192 Å². The molecule has 1 aromatic carbocycles. The number of unbranched alkanes of at least 4 members (excludes halogenated alkanes) is 1. The molecule has 0 heterocycles. The first kappa shape index (κ1) is 27.1. The number of aldehydes is 1. The molecule has 2 atom stereocenters. The third-order valence-electron chi connectivity index (χ3n) is 4.53. The Balaban J connectivity index is 2.76. The van der Waals surface area contributed by atoms with Gasteiger partial charge < -0.3 is 27.4 Å². The van der Waals surface area contributed by atoms with E-state index in [4.69, 9.17) is 17.9 Å². The van der Waals surface area contributed by atoms with E-state index in [9.17, 15) is 24.0 Å². The van der Waals surface area contributed by atoms with E-state index in [1.165, 1.54) is 6.08 Å². The van der Waals surface area contributed by atoms with Crippen LogP contribution in [0.25, 0.3) is 6.08 Å². The molecule has 10 heteroatoms. The highest BCUT2D eigenvalue weighted by molar-refractivity contribution is 5.98. The topological polar surface area (TPSA) is 173 Å². The highest BCUT2D eigenvalue weighted by atomic mass is 16.2. The molecule has 0 spiro atoms. The molecule has 0 saturated heterocycles. The zero-order chi connectivity index (χ0) is 24.6. The highest BCUT2D eigenvalue weighted by Crippen LogP contribution is 2.08. The molecule has 0 bridgehead atoms. The van der Waals surface area contributed by atoms with Crippen molar-refractivity contribution in [2.75, 3.05) is 13.1 Å². The Morgan fingerprint density at radius 2 is 1.76 bits per heavy atom. The van der Waals surface area contributed by atoms with Crippen LogP contribution in [0.5, 0.6) is 0 Å². The van der Waals surface area contributed by atoms with Gasteiger partial charge in [0.15, 0.2) is 0 Å². The van der Waals surface area contributed by atoms with Crippen LogP contribution in [0.2, 0.25) is 0 Å². The summed E-state index contributed by atoms with van der Waals surface area (Å²) in [6, 6.07) is 4.52. The van der Waals surface area contributed by atoms with Crippen LogP contribution in [0.1, 0.15) is 41.6 Å². The SMILES string of the molecule is C#CC[C@H](NC(=O)CNC(=O)[C@H](CCCCN)NC(=O)c1ccc(/C=C/C=O)cc1)C(N)=O. The van der Waals surface area contributed by atoms with E-state index < -0.39 is 42.3 Å². The van der Waals surface area contributed by atoms with Gasteiger partial charge in [0.25, 0.3) is 5.91 Å². The van der Waals surface area contributed by atoms with Crippen LogP contribution < -0.4 is 27.4 Å². The van der Waals surface area contributed by atoms with Gasteiger partial charge in [-0.15, -0.1) is 12.3 Å². The molecule has 0 saturated carbocycles. The van der Waals surface area contributed by atoms with Gasteiger partial charge in [0.05, 0.1) is 6.54 Å². The molecule has 1 aromatic rings. The standard InChI is InChI=1S/C23H29N5O5/c1-2-6-18(21(25)31)27-20(30)15-26-23(33)19(8-3-4-13-24)28-22(32)17-11-9-16(10-12-17)7-5-14-29/h1,5,7,9-12,14,18-19H,3-4,6,8,13,15,24H2,(H2,25,31)(H,26,33)(H,27,30)(H,28,32)/b7-5+/t18-,19-/m0/s1. The van der Waals surface area contributed by atoms with E-state index in [0.29, 0.717) is 37.7 Å². The summed E-state index contributed by atoms with van der Waals surface area (Å²) < 4.78 is 0. The van der Waals surface area contributed by atoms with Crippen LogP contribution in [0.15, 0.2) is 30.3 Å². The van der Waals surface area contributed by atoms with Crippen molar-refractivity contribution in [3.8, 4) is 12.3 Å². The Hall–Kier alpha value is -3.97. The van der Waals surface area contributed by atoms with Gasteiger partial charge in [0.2, 0.25) is 17.7 Å². The summed E-state index contributed by atoms with van der Waals surface area (Å²) in [5.41, 5.74) is 11.7. The number of amides is 4. The molecule has 0 aliphatic rings. The second-order valence-corrected chi connectivity index (χ2v) is 7.08. The lowest BCUT2D eigenvalue weighted by molar-refractivity contribution is -0.129. The van der Waals surface area contributed by atoms with Gasteiger partial charge in [0, 0.05) is 12.0 Å². The van der Waals surface area contributed by atoms with Gasteiger partial charge in [-0.05, 0) is 49.6 Å². The predicted molar refractivity (Wildman–Crippen MR) is 123 cm³/mol. The summed E-state index contributed by atoms with van der Waals surface area (Å²) in [7, 11) is 0. The van der Waals surface area contributed by atoms with E-state index in [1.54, 1.807) is 30.3 Å². The number of benzene rings is 1. The van der Waals surface area contributed by atoms with Crippen molar-refractivity contribution in [2.24, 2.45) is 11.5 Å². The minimum absolute atomic E-state index is 0.0729. The first-order chi connectivity index (χ1) is 15.8. The molecule has 7 N–H and O–H groups in total. The third kappa shape index (κ3) is 10.3. The number of carbonyl (C=O) groups excluding carboxylic acids is 5. The van der Waals surface area contributed by atoms with Gasteiger partial charge in [-0.1, -0.05) is 18.2 Å². The van der Waals surface area contributed by atoms with Crippen molar-refractivity contribution < 1.29 is 24.0 Å². The Morgan fingerprint density at radius 3 is 2.33 bits per heavy atom. The number of rotatable bonds is 14. The second kappa shape index (κ2) is 14.9. The average molecular weight is 456 g/mol. The van der Waals surface area contributed by atoms with E-state index in [0.717, 1.165) is 5.56 Å². The Kier molecular flexibility index (Phi) is 12.2. The summed E-state index contributed by atoms with van der Waals surface area (Å²) in [6.45, 7) is 0.0123. The molecule has 0 radical (unpaired) electrons. The van der Waals surface area contributed by atoms with Gasteiger partial charge in [-0.3, -0.25) is 24.0 Å². The maximum atomic E-state index is 12.6. The maximum absolute atomic E-state index is 12.6. The van der Waals surface area contributed by atoms with Gasteiger partial charge in [-0.2, -0.15) is 0 Å². The number of allylic oxidation sites excluding steroid dienone is 1. The summed E-state index contributed by atoms with van der Waals surface area (Å²) in [5.74, 6) is -0.226. The van der Waals surface area contributed by atoms with Crippen LogP contribution in [0, 0.1) is 12.3 Å². The average Bonchev–Trinajstić information content (AvgIpc) is 2.80. The lowest BCUT2D eigenvalue weighted by Crippen LogP contribution is -2.51. The second-order valence-electron chi connectivity index (χ2n) is 7.08. The first-order valence-electron chi connectivity index (χ1n) is 10.3. The van der Waals surface area contributed by atoms with Crippen LogP contribution in [0.3, 0.4) is 0 Å². The molecule has 33 heavy (non-hydrogen) atoms. The molecule has 0 unspecified atom stereocenters. The number of hydrogen-bond acceptors (Lipinski definition) is 6.